The van der Waals surface area contributed by atoms with Crippen LogP contribution in [0.5, 0.6) is 0 Å². The summed E-state index contributed by atoms with van der Waals surface area (Å²) in [5.74, 6) is 0. The summed E-state index contributed by atoms with van der Waals surface area (Å²) in [6, 6.07) is 24.0. The summed E-state index contributed by atoms with van der Waals surface area (Å²) in [5, 5.41) is 2.39. The van der Waals surface area contributed by atoms with Gasteiger partial charge in [-0.1, -0.05) is 48.5 Å². The SMILES string of the molecule is c1ccc2c(c1)oc1ccccc12.c1ccc2nccnc2c1. The van der Waals surface area contributed by atoms with Crippen molar-refractivity contribution in [3.63, 3.8) is 0 Å². The van der Waals surface area contributed by atoms with Gasteiger partial charge < -0.3 is 4.42 Å². The number of benzene rings is 3. The lowest BCUT2D eigenvalue weighted by Gasteiger charge is -1.90. The van der Waals surface area contributed by atoms with Gasteiger partial charge in [0.2, 0.25) is 0 Å². The maximum Gasteiger partial charge on any atom is 0.135 e. The largest absolute Gasteiger partial charge is 0.456 e. The van der Waals surface area contributed by atoms with Crippen LogP contribution in [0.15, 0.2) is 89.6 Å². The van der Waals surface area contributed by atoms with Crippen molar-refractivity contribution >= 4 is 33.0 Å². The van der Waals surface area contributed by atoms with Crippen molar-refractivity contribution in [2.45, 2.75) is 0 Å². The van der Waals surface area contributed by atoms with Gasteiger partial charge >= 0.3 is 0 Å². The van der Waals surface area contributed by atoms with E-state index >= 15 is 0 Å². The van der Waals surface area contributed by atoms with Crippen molar-refractivity contribution in [3.05, 3.63) is 85.2 Å². The molecular weight excluding hydrogens is 284 g/mol. The van der Waals surface area contributed by atoms with Crippen LogP contribution in [0.2, 0.25) is 0 Å². The van der Waals surface area contributed by atoms with Crippen LogP contribution in [-0.2, 0) is 0 Å². The predicted molar refractivity (Wildman–Crippen MR) is 93.3 cm³/mol. The van der Waals surface area contributed by atoms with Crippen LogP contribution >= 0.6 is 0 Å². The molecule has 5 aromatic rings. The van der Waals surface area contributed by atoms with Crippen LogP contribution in [0.4, 0.5) is 0 Å². The first-order valence-corrected chi connectivity index (χ1v) is 7.44. The van der Waals surface area contributed by atoms with Crippen molar-refractivity contribution in [3.8, 4) is 0 Å². The molecule has 5 rings (SSSR count). The molecule has 0 amide bonds. The highest BCUT2D eigenvalue weighted by Crippen LogP contribution is 2.27. The molecule has 0 unspecified atom stereocenters. The normalized spacial score (nSPS) is 10.6. The lowest BCUT2D eigenvalue weighted by molar-refractivity contribution is 0.669. The van der Waals surface area contributed by atoms with Gasteiger partial charge in [0.15, 0.2) is 0 Å². The summed E-state index contributed by atoms with van der Waals surface area (Å²) < 4.78 is 5.65. The molecule has 3 heteroatoms. The van der Waals surface area contributed by atoms with Crippen LogP contribution < -0.4 is 0 Å². The van der Waals surface area contributed by atoms with Crippen molar-refractivity contribution in [2.24, 2.45) is 0 Å². The second kappa shape index (κ2) is 5.89. The smallest absolute Gasteiger partial charge is 0.135 e. The van der Waals surface area contributed by atoms with Crippen molar-refractivity contribution < 1.29 is 4.42 Å². The lowest BCUT2D eigenvalue weighted by atomic mass is 10.2. The molecular formula is C20H14N2O. The second-order valence-corrected chi connectivity index (χ2v) is 5.14. The molecule has 0 aliphatic heterocycles. The van der Waals surface area contributed by atoms with E-state index in [4.69, 9.17) is 4.42 Å². The number of aromatic nitrogens is 2. The zero-order valence-corrected chi connectivity index (χ0v) is 12.4. The van der Waals surface area contributed by atoms with E-state index in [1.165, 1.54) is 10.8 Å². The first kappa shape index (κ1) is 13.5. The fourth-order valence-electron chi connectivity index (χ4n) is 2.58. The summed E-state index contributed by atoms with van der Waals surface area (Å²) in [6.07, 6.45) is 3.39. The molecule has 0 fully saturated rings. The maximum atomic E-state index is 5.65. The molecule has 23 heavy (non-hydrogen) atoms. The van der Waals surface area contributed by atoms with E-state index in [0.717, 1.165) is 22.2 Å². The number of rotatable bonds is 0. The first-order valence-electron chi connectivity index (χ1n) is 7.44. The molecule has 110 valence electrons. The van der Waals surface area contributed by atoms with E-state index in [2.05, 4.69) is 22.1 Å². The molecule has 0 radical (unpaired) electrons. The standard InChI is InChI=1S/C12H8O.C8H6N2/c1-3-7-11-9(5-1)10-6-2-4-8-12(10)13-11;1-2-4-8-7(3-1)9-5-6-10-8/h1-8H;1-6H. The van der Waals surface area contributed by atoms with E-state index < -0.39 is 0 Å². The van der Waals surface area contributed by atoms with Gasteiger partial charge in [-0.25, -0.2) is 0 Å². The van der Waals surface area contributed by atoms with Gasteiger partial charge in [-0.2, -0.15) is 0 Å². The van der Waals surface area contributed by atoms with Crippen LogP contribution in [0.3, 0.4) is 0 Å². The molecule has 0 bridgehead atoms. The number of fused-ring (bicyclic) bond motifs is 4. The molecule has 0 aliphatic rings. The number of nitrogens with zero attached hydrogens (tertiary/aromatic N) is 2. The van der Waals surface area contributed by atoms with Gasteiger partial charge in [0.25, 0.3) is 0 Å². The topological polar surface area (TPSA) is 38.9 Å². The van der Waals surface area contributed by atoms with E-state index in [1.807, 2.05) is 60.7 Å². The van der Waals surface area contributed by atoms with E-state index in [-0.39, 0.29) is 0 Å². The van der Waals surface area contributed by atoms with E-state index in [1.54, 1.807) is 12.4 Å². The Morgan fingerprint density at radius 2 is 0.957 bits per heavy atom. The van der Waals surface area contributed by atoms with Gasteiger partial charge in [-0.3, -0.25) is 9.97 Å². The number of hydrogen-bond donors (Lipinski definition) is 0. The van der Waals surface area contributed by atoms with Crippen LogP contribution in [0, 0.1) is 0 Å². The zero-order valence-electron chi connectivity index (χ0n) is 12.4. The minimum Gasteiger partial charge on any atom is -0.456 e. The number of furan rings is 1. The van der Waals surface area contributed by atoms with Gasteiger partial charge in [0.1, 0.15) is 11.2 Å². The van der Waals surface area contributed by atoms with E-state index in [9.17, 15) is 0 Å². The fraction of sp³-hybridized carbons (Fsp3) is 0. The molecule has 0 aliphatic carbocycles. The van der Waals surface area contributed by atoms with Crippen LogP contribution in [0.1, 0.15) is 0 Å². The van der Waals surface area contributed by atoms with Gasteiger partial charge in [-0.05, 0) is 24.3 Å². The highest BCUT2D eigenvalue weighted by atomic mass is 16.3. The lowest BCUT2D eigenvalue weighted by Crippen LogP contribution is -1.78. The molecule has 0 saturated carbocycles. The highest BCUT2D eigenvalue weighted by Gasteiger charge is 2.03. The Bertz CT molecular complexity index is 967. The van der Waals surface area contributed by atoms with Crippen LogP contribution in [-0.4, -0.2) is 9.97 Å². The monoisotopic (exact) mass is 298 g/mol. The quantitative estimate of drug-likeness (QED) is 0.393. The van der Waals surface area contributed by atoms with Crippen molar-refractivity contribution in [1.82, 2.24) is 9.97 Å². The Balaban J connectivity index is 0.000000122. The third kappa shape index (κ3) is 2.64. The average Bonchev–Trinajstić information content (AvgIpc) is 3.01. The third-order valence-electron chi connectivity index (χ3n) is 3.66. The van der Waals surface area contributed by atoms with Crippen molar-refractivity contribution in [2.75, 3.05) is 0 Å². The summed E-state index contributed by atoms with van der Waals surface area (Å²) in [6.45, 7) is 0. The molecule has 0 saturated heterocycles. The molecule has 0 atom stereocenters. The Morgan fingerprint density at radius 3 is 1.48 bits per heavy atom. The molecule has 0 N–H and O–H groups in total. The Labute approximate surface area is 133 Å². The van der Waals surface area contributed by atoms with Gasteiger partial charge in [0, 0.05) is 23.2 Å². The Morgan fingerprint density at radius 1 is 0.522 bits per heavy atom. The summed E-state index contributed by atoms with van der Waals surface area (Å²) in [4.78, 5) is 8.24. The third-order valence-corrected chi connectivity index (χ3v) is 3.66. The molecule has 2 heterocycles. The summed E-state index contributed by atoms with van der Waals surface area (Å²) in [5.41, 5.74) is 3.82. The van der Waals surface area contributed by atoms with Crippen LogP contribution in [0.25, 0.3) is 33.0 Å². The van der Waals surface area contributed by atoms with Gasteiger partial charge in [-0.15, -0.1) is 0 Å². The van der Waals surface area contributed by atoms with Crippen molar-refractivity contribution in [1.29, 1.82) is 0 Å². The first-order chi connectivity index (χ1) is 11.4. The maximum absolute atomic E-state index is 5.65. The van der Waals surface area contributed by atoms with E-state index in [0.29, 0.717) is 0 Å². The number of para-hydroxylation sites is 4. The second-order valence-electron chi connectivity index (χ2n) is 5.14. The summed E-state index contributed by atoms with van der Waals surface area (Å²) >= 11 is 0. The molecule has 3 aromatic carbocycles. The Kier molecular flexibility index (Phi) is 3.45. The predicted octanol–water partition coefficient (Wildman–Crippen LogP) is 5.22. The zero-order chi connectivity index (χ0) is 15.5. The minimum absolute atomic E-state index is 0.949. The van der Waals surface area contributed by atoms with Gasteiger partial charge in [0.05, 0.1) is 11.0 Å². The summed E-state index contributed by atoms with van der Waals surface area (Å²) in [7, 11) is 0. The minimum atomic E-state index is 0.949. The molecule has 3 nitrogen and oxygen atoms in total. The Hall–Kier alpha value is -3.20. The fourth-order valence-corrected chi connectivity index (χ4v) is 2.58. The average molecular weight is 298 g/mol. The molecule has 0 spiro atoms. The number of hydrogen-bond acceptors (Lipinski definition) is 3. The highest BCUT2D eigenvalue weighted by molar-refractivity contribution is 6.04. The molecule has 2 aromatic heterocycles.